The average Bonchev–Trinajstić information content (AvgIpc) is 2.31. The van der Waals surface area contributed by atoms with E-state index in [1.807, 2.05) is 18.2 Å². The van der Waals surface area contributed by atoms with E-state index < -0.39 is 0 Å². The minimum Gasteiger partial charge on any atom is -0.506 e. The van der Waals surface area contributed by atoms with Crippen LogP contribution in [0.4, 0.5) is 5.69 Å². The summed E-state index contributed by atoms with van der Waals surface area (Å²) < 4.78 is 0. The predicted molar refractivity (Wildman–Crippen MR) is 67.0 cm³/mol. The van der Waals surface area contributed by atoms with Crippen LogP contribution in [0.5, 0.6) is 5.75 Å². The van der Waals surface area contributed by atoms with Crippen molar-refractivity contribution in [2.24, 2.45) is 5.92 Å². The fourth-order valence-corrected chi connectivity index (χ4v) is 2.34. The summed E-state index contributed by atoms with van der Waals surface area (Å²) >= 11 is 0. The zero-order chi connectivity index (χ0) is 11.4. The van der Waals surface area contributed by atoms with Gasteiger partial charge in [0.1, 0.15) is 5.75 Å². The van der Waals surface area contributed by atoms with Crippen molar-refractivity contribution in [2.45, 2.75) is 12.8 Å². The van der Waals surface area contributed by atoms with Crippen molar-refractivity contribution >= 4 is 5.69 Å². The summed E-state index contributed by atoms with van der Waals surface area (Å²) in [6, 6.07) is 7.54. The molecular formula is C13H20N2O. The largest absolute Gasteiger partial charge is 0.506 e. The van der Waals surface area contributed by atoms with Crippen LogP contribution in [0.1, 0.15) is 12.8 Å². The third kappa shape index (κ3) is 2.67. The van der Waals surface area contributed by atoms with Gasteiger partial charge in [-0.05, 0) is 44.0 Å². The van der Waals surface area contributed by atoms with E-state index in [0.29, 0.717) is 5.75 Å². The van der Waals surface area contributed by atoms with Crippen molar-refractivity contribution in [3.05, 3.63) is 24.3 Å². The van der Waals surface area contributed by atoms with Gasteiger partial charge in [0.25, 0.3) is 0 Å². The van der Waals surface area contributed by atoms with Gasteiger partial charge in [-0.15, -0.1) is 0 Å². The standard InChI is InChI=1S/C13H20N2O/c1-15(10-11-6-8-14-9-7-11)12-4-2-3-5-13(12)16/h2-5,11,14,16H,6-10H2,1H3. The molecule has 1 aliphatic rings. The lowest BCUT2D eigenvalue weighted by molar-refractivity contribution is 0.376. The van der Waals surface area contributed by atoms with Crippen LogP contribution in [0.3, 0.4) is 0 Å². The lowest BCUT2D eigenvalue weighted by atomic mass is 9.97. The molecule has 0 aromatic heterocycles. The Labute approximate surface area is 97.1 Å². The average molecular weight is 220 g/mol. The number of phenolic OH excluding ortho intramolecular Hbond substituents is 1. The topological polar surface area (TPSA) is 35.5 Å². The Morgan fingerprint density at radius 1 is 1.31 bits per heavy atom. The summed E-state index contributed by atoms with van der Waals surface area (Å²) in [5.41, 5.74) is 0.932. The lowest BCUT2D eigenvalue weighted by Gasteiger charge is -2.29. The Morgan fingerprint density at radius 2 is 2.00 bits per heavy atom. The van der Waals surface area contributed by atoms with Crippen LogP contribution >= 0.6 is 0 Å². The zero-order valence-corrected chi connectivity index (χ0v) is 9.82. The van der Waals surface area contributed by atoms with Gasteiger partial charge in [-0.2, -0.15) is 0 Å². The van der Waals surface area contributed by atoms with Gasteiger partial charge in [0.15, 0.2) is 0 Å². The van der Waals surface area contributed by atoms with Gasteiger partial charge in [-0.1, -0.05) is 12.1 Å². The summed E-state index contributed by atoms with van der Waals surface area (Å²) in [6.07, 6.45) is 2.47. The van der Waals surface area contributed by atoms with Crippen molar-refractivity contribution < 1.29 is 5.11 Å². The third-order valence-electron chi connectivity index (χ3n) is 3.28. The number of para-hydroxylation sites is 2. The molecule has 0 atom stereocenters. The molecule has 0 unspecified atom stereocenters. The summed E-state index contributed by atoms with van der Waals surface area (Å²) in [5.74, 6) is 1.12. The highest BCUT2D eigenvalue weighted by molar-refractivity contribution is 5.56. The highest BCUT2D eigenvalue weighted by Gasteiger charge is 2.16. The minimum atomic E-state index is 0.374. The molecule has 88 valence electrons. The molecule has 3 nitrogen and oxygen atoms in total. The number of hydrogen-bond acceptors (Lipinski definition) is 3. The van der Waals surface area contributed by atoms with E-state index in [1.165, 1.54) is 12.8 Å². The number of nitrogens with one attached hydrogen (secondary N) is 1. The molecule has 0 bridgehead atoms. The van der Waals surface area contributed by atoms with Crippen LogP contribution in [0, 0.1) is 5.92 Å². The fourth-order valence-electron chi connectivity index (χ4n) is 2.34. The number of anilines is 1. The Bertz CT molecular complexity index is 334. The number of rotatable bonds is 3. The molecule has 3 heteroatoms. The van der Waals surface area contributed by atoms with Crippen molar-refractivity contribution in [1.29, 1.82) is 0 Å². The smallest absolute Gasteiger partial charge is 0.138 e. The Kier molecular flexibility index (Phi) is 3.67. The van der Waals surface area contributed by atoms with Gasteiger partial charge in [-0.3, -0.25) is 0 Å². The second kappa shape index (κ2) is 5.21. The first-order valence-electron chi connectivity index (χ1n) is 5.97. The van der Waals surface area contributed by atoms with Gasteiger partial charge in [0.2, 0.25) is 0 Å². The Balaban J connectivity index is 1.96. The van der Waals surface area contributed by atoms with Crippen molar-refractivity contribution in [1.82, 2.24) is 5.32 Å². The minimum absolute atomic E-state index is 0.374. The van der Waals surface area contributed by atoms with Crippen LogP contribution in [-0.2, 0) is 0 Å². The highest BCUT2D eigenvalue weighted by atomic mass is 16.3. The van der Waals surface area contributed by atoms with Crippen molar-refractivity contribution in [3.8, 4) is 5.75 Å². The highest BCUT2D eigenvalue weighted by Crippen LogP contribution is 2.26. The quantitative estimate of drug-likeness (QED) is 0.815. The molecule has 0 amide bonds. The first kappa shape index (κ1) is 11.3. The maximum Gasteiger partial charge on any atom is 0.138 e. The SMILES string of the molecule is CN(CC1CCNCC1)c1ccccc1O. The first-order chi connectivity index (χ1) is 7.77. The molecule has 1 fully saturated rings. The second-order valence-corrected chi connectivity index (χ2v) is 4.56. The summed E-state index contributed by atoms with van der Waals surface area (Å²) in [4.78, 5) is 2.16. The molecule has 0 aliphatic carbocycles. The molecular weight excluding hydrogens is 200 g/mol. The molecule has 16 heavy (non-hydrogen) atoms. The van der Waals surface area contributed by atoms with E-state index in [0.717, 1.165) is 31.2 Å². The third-order valence-corrected chi connectivity index (χ3v) is 3.28. The van der Waals surface area contributed by atoms with Gasteiger partial charge < -0.3 is 15.3 Å². The molecule has 0 spiro atoms. The van der Waals surface area contributed by atoms with E-state index in [-0.39, 0.29) is 0 Å². The molecule has 2 N–H and O–H groups in total. The second-order valence-electron chi connectivity index (χ2n) is 4.56. The summed E-state index contributed by atoms with van der Waals surface area (Å²) in [7, 11) is 2.05. The monoisotopic (exact) mass is 220 g/mol. The summed E-state index contributed by atoms with van der Waals surface area (Å²) in [5, 5.41) is 13.1. The molecule has 2 rings (SSSR count). The van der Waals surface area contributed by atoms with E-state index >= 15 is 0 Å². The Hall–Kier alpha value is -1.22. The number of nitrogens with zero attached hydrogens (tertiary/aromatic N) is 1. The molecule has 1 aromatic rings. The van der Waals surface area contributed by atoms with E-state index in [1.54, 1.807) is 6.07 Å². The zero-order valence-electron chi connectivity index (χ0n) is 9.82. The number of hydrogen-bond donors (Lipinski definition) is 2. The number of aromatic hydroxyl groups is 1. The lowest BCUT2D eigenvalue weighted by Crippen LogP contribution is -2.34. The molecule has 0 saturated carbocycles. The fraction of sp³-hybridized carbons (Fsp3) is 0.538. The van der Waals surface area contributed by atoms with Crippen molar-refractivity contribution in [2.75, 3.05) is 31.6 Å². The van der Waals surface area contributed by atoms with E-state index in [4.69, 9.17) is 0 Å². The van der Waals surface area contributed by atoms with Gasteiger partial charge in [0, 0.05) is 13.6 Å². The van der Waals surface area contributed by atoms with Crippen LogP contribution in [0.25, 0.3) is 0 Å². The first-order valence-corrected chi connectivity index (χ1v) is 5.97. The van der Waals surface area contributed by atoms with Gasteiger partial charge in [-0.25, -0.2) is 0 Å². The predicted octanol–water partition coefficient (Wildman–Crippen LogP) is 1.83. The maximum atomic E-state index is 9.76. The molecule has 1 heterocycles. The Morgan fingerprint density at radius 3 is 2.69 bits per heavy atom. The van der Waals surface area contributed by atoms with E-state index in [2.05, 4.69) is 17.3 Å². The molecule has 0 radical (unpaired) electrons. The van der Waals surface area contributed by atoms with Crippen LogP contribution in [0.2, 0.25) is 0 Å². The number of phenols is 1. The van der Waals surface area contributed by atoms with E-state index in [9.17, 15) is 5.11 Å². The van der Waals surface area contributed by atoms with Gasteiger partial charge >= 0.3 is 0 Å². The van der Waals surface area contributed by atoms with Gasteiger partial charge in [0.05, 0.1) is 5.69 Å². The van der Waals surface area contributed by atoms with Crippen LogP contribution < -0.4 is 10.2 Å². The van der Waals surface area contributed by atoms with Crippen molar-refractivity contribution in [3.63, 3.8) is 0 Å². The maximum absolute atomic E-state index is 9.76. The number of piperidine rings is 1. The van der Waals surface area contributed by atoms with Crippen LogP contribution in [-0.4, -0.2) is 31.8 Å². The van der Waals surface area contributed by atoms with Crippen LogP contribution in [0.15, 0.2) is 24.3 Å². The molecule has 1 saturated heterocycles. The normalized spacial score (nSPS) is 17.3. The molecule has 1 aliphatic heterocycles. The molecule has 1 aromatic carbocycles. The summed E-state index contributed by atoms with van der Waals surface area (Å²) in [6.45, 7) is 3.28. The number of benzene rings is 1.